The smallest absolute Gasteiger partial charge is 0.0212 e. The fourth-order valence-electron chi connectivity index (χ4n) is 20.1. The molecule has 0 spiro atoms. The highest BCUT2D eigenvalue weighted by molar-refractivity contribution is 5.21. The average Bonchev–Trinajstić information content (AvgIpc) is 3.12. The number of hydrogen-bond acceptors (Lipinski definition) is 0. The Bertz CT molecular complexity index is 1220. The third kappa shape index (κ3) is 6.90. The molecule has 0 N–H and O–H groups in total. The van der Waals surface area contributed by atoms with Crippen molar-refractivity contribution in [1.82, 2.24) is 0 Å². The van der Waals surface area contributed by atoms with Gasteiger partial charge in [-0.3, -0.25) is 0 Å². The van der Waals surface area contributed by atoms with Crippen LogP contribution in [0.4, 0.5) is 0 Å². The van der Waals surface area contributed by atoms with Gasteiger partial charge < -0.3 is 0 Å². The molecule has 0 nitrogen and oxygen atoms in total. The zero-order valence-electron chi connectivity index (χ0n) is 38.9. The first kappa shape index (κ1) is 42.1. The summed E-state index contributed by atoms with van der Waals surface area (Å²) in [5.41, 5.74) is 1.26. The van der Waals surface area contributed by atoms with E-state index in [2.05, 4.69) is 90.0 Å². The molecular weight excluding hydrogens is 649 g/mol. The van der Waals surface area contributed by atoms with Crippen LogP contribution >= 0.6 is 0 Å². The van der Waals surface area contributed by atoms with Gasteiger partial charge in [0, 0.05) is 0 Å². The van der Waals surface area contributed by atoms with Gasteiger partial charge in [-0.1, -0.05) is 161 Å². The van der Waals surface area contributed by atoms with Crippen molar-refractivity contribution >= 4 is 0 Å². The van der Waals surface area contributed by atoms with Gasteiger partial charge in [0.25, 0.3) is 0 Å². The first-order valence-electron chi connectivity index (χ1n) is 25.5. The van der Waals surface area contributed by atoms with Crippen LogP contribution in [0.25, 0.3) is 0 Å². The summed E-state index contributed by atoms with van der Waals surface area (Å²) < 4.78 is 0. The van der Waals surface area contributed by atoms with Crippen LogP contribution in [0.3, 0.4) is 0 Å². The Labute approximate surface area is 339 Å². The van der Waals surface area contributed by atoms with E-state index in [9.17, 15) is 0 Å². The predicted molar refractivity (Wildman–Crippen MR) is 235 cm³/mol. The maximum Gasteiger partial charge on any atom is -0.0212 e. The zero-order chi connectivity index (χ0) is 38.9. The van der Waals surface area contributed by atoms with Crippen LogP contribution in [0.2, 0.25) is 0 Å². The van der Waals surface area contributed by atoms with Crippen LogP contribution in [0.5, 0.6) is 0 Å². The summed E-state index contributed by atoms with van der Waals surface area (Å²) in [7, 11) is 0. The Kier molecular flexibility index (Phi) is 12.7. The predicted octanol–water partition coefficient (Wildman–Crippen LogP) is 16.4. The molecule has 20 atom stereocenters. The lowest BCUT2D eigenvalue weighted by molar-refractivity contribution is -0.298. The summed E-state index contributed by atoms with van der Waals surface area (Å²) in [6.45, 7) is 36.2. The largest absolute Gasteiger partial charge is 0.0625 e. The minimum absolute atomic E-state index is 0.400. The van der Waals surface area contributed by atoms with Gasteiger partial charge in [-0.25, -0.2) is 0 Å². The molecule has 0 heterocycles. The van der Waals surface area contributed by atoms with Gasteiger partial charge >= 0.3 is 0 Å². The Hall–Kier alpha value is 0. The van der Waals surface area contributed by atoms with E-state index < -0.39 is 0 Å². The third-order valence-corrected chi connectivity index (χ3v) is 22.4. The van der Waals surface area contributed by atoms with Crippen molar-refractivity contribution in [3.05, 3.63) is 0 Å². The highest BCUT2D eigenvalue weighted by Gasteiger charge is 2.73. The van der Waals surface area contributed by atoms with Crippen molar-refractivity contribution in [2.75, 3.05) is 0 Å². The molecule has 312 valence electrons. The molecule has 0 amide bonds. The topological polar surface area (TPSA) is 0 Å². The Morgan fingerprint density at radius 3 is 1.87 bits per heavy atom. The van der Waals surface area contributed by atoms with E-state index in [1.54, 1.807) is 32.1 Å². The molecule has 20 unspecified atom stereocenters. The molecule has 0 saturated heterocycles. The van der Waals surface area contributed by atoms with E-state index >= 15 is 0 Å². The standard InChI is InChI=1S/C54H96/c1-33(2)49-36(5)32-52(11)48(31-34(3)28-42-20-15-14-16-21-42)53(12)39(8)46-27-26-44(29-35(4)30-45-24-19-23-43-22-17-18-25-47(43)45)37(6)50(46)38(7)51(53)41(10)54(52,13)40(49)9/h33-51H,14-32H2,1-13H3. The first-order valence-corrected chi connectivity index (χ1v) is 25.5. The van der Waals surface area contributed by atoms with Crippen molar-refractivity contribution < 1.29 is 0 Å². The van der Waals surface area contributed by atoms with E-state index in [4.69, 9.17) is 0 Å². The molecule has 0 bridgehead atoms. The number of hydrogen-bond donors (Lipinski definition) is 0. The highest BCUT2D eigenvalue weighted by atomic mass is 14.8. The van der Waals surface area contributed by atoms with E-state index in [-0.39, 0.29) is 0 Å². The fourth-order valence-corrected chi connectivity index (χ4v) is 20.1. The second-order valence-electron chi connectivity index (χ2n) is 24.9. The molecule has 0 aromatic heterocycles. The second-order valence-corrected chi connectivity index (χ2v) is 24.9. The Morgan fingerprint density at radius 1 is 0.537 bits per heavy atom. The maximum atomic E-state index is 2.96. The first-order chi connectivity index (χ1) is 25.5. The molecule has 0 aliphatic heterocycles. The summed E-state index contributed by atoms with van der Waals surface area (Å²) in [6.07, 6.45) is 28.9. The second kappa shape index (κ2) is 16.2. The van der Waals surface area contributed by atoms with Crippen molar-refractivity contribution in [3.8, 4) is 0 Å². The summed E-state index contributed by atoms with van der Waals surface area (Å²) in [5, 5.41) is 0. The third-order valence-electron chi connectivity index (χ3n) is 22.4. The number of fused-ring (bicyclic) bond motifs is 4. The van der Waals surface area contributed by atoms with E-state index in [1.165, 1.54) is 89.9 Å². The minimum atomic E-state index is 0.400. The molecule has 7 saturated carbocycles. The molecule has 7 aliphatic carbocycles. The van der Waals surface area contributed by atoms with Crippen LogP contribution < -0.4 is 0 Å². The number of rotatable bonds is 9. The van der Waals surface area contributed by atoms with Crippen LogP contribution in [0, 0.1) is 129 Å². The van der Waals surface area contributed by atoms with E-state index in [0.29, 0.717) is 16.2 Å². The Morgan fingerprint density at radius 2 is 1.17 bits per heavy atom. The van der Waals surface area contributed by atoms with Gasteiger partial charge in [-0.2, -0.15) is 0 Å². The van der Waals surface area contributed by atoms with Gasteiger partial charge in [0.1, 0.15) is 0 Å². The molecule has 0 aromatic carbocycles. The lowest BCUT2D eigenvalue weighted by atomic mass is 9.27. The van der Waals surface area contributed by atoms with Gasteiger partial charge in [0.15, 0.2) is 0 Å². The van der Waals surface area contributed by atoms with Crippen LogP contribution in [0.1, 0.15) is 212 Å². The van der Waals surface area contributed by atoms with Gasteiger partial charge in [-0.05, 0) is 180 Å². The van der Waals surface area contributed by atoms with E-state index in [0.717, 1.165) is 112 Å². The lowest BCUT2D eigenvalue weighted by Gasteiger charge is -2.77. The van der Waals surface area contributed by atoms with Crippen molar-refractivity contribution in [1.29, 1.82) is 0 Å². The fraction of sp³-hybridized carbons (Fsp3) is 1.00. The van der Waals surface area contributed by atoms with Gasteiger partial charge in [0.05, 0.1) is 0 Å². The Balaban J connectivity index is 1.17. The van der Waals surface area contributed by atoms with Crippen LogP contribution in [-0.2, 0) is 0 Å². The summed E-state index contributed by atoms with van der Waals surface area (Å²) in [4.78, 5) is 0. The highest BCUT2D eigenvalue weighted by Crippen LogP contribution is 2.79. The van der Waals surface area contributed by atoms with Gasteiger partial charge in [-0.15, -0.1) is 0 Å². The summed E-state index contributed by atoms with van der Waals surface area (Å²) >= 11 is 0. The summed E-state index contributed by atoms with van der Waals surface area (Å²) in [5.74, 6) is 17.2. The molecule has 0 aromatic rings. The van der Waals surface area contributed by atoms with Gasteiger partial charge in [0.2, 0.25) is 0 Å². The zero-order valence-corrected chi connectivity index (χ0v) is 38.9. The molecule has 0 radical (unpaired) electrons. The van der Waals surface area contributed by atoms with Crippen molar-refractivity contribution in [2.45, 2.75) is 212 Å². The van der Waals surface area contributed by atoms with E-state index in [1.807, 2.05) is 0 Å². The normalized spacial score (nSPS) is 52.4. The SMILES string of the molecule is CC(CC1CCC2C(C1C)C(C)C1C(C)C3(C)C(C)C(C(C)C)C(C)CC3(C)C(CC(C)CC3CCCCC3)C1(C)C2C)CC1CCCC2CCCCC21. The molecule has 7 aliphatic rings. The van der Waals surface area contributed by atoms with Crippen LogP contribution in [-0.4, -0.2) is 0 Å². The molecule has 7 rings (SSSR count). The molecular formula is C54H96. The maximum absolute atomic E-state index is 2.96. The molecule has 54 heavy (non-hydrogen) atoms. The molecule has 7 fully saturated rings. The van der Waals surface area contributed by atoms with Crippen molar-refractivity contribution in [2.24, 2.45) is 129 Å². The quantitative estimate of drug-likeness (QED) is 0.221. The minimum Gasteiger partial charge on any atom is -0.0625 e. The molecule has 0 heteroatoms. The van der Waals surface area contributed by atoms with Crippen LogP contribution in [0.15, 0.2) is 0 Å². The average molecular weight is 745 g/mol. The summed E-state index contributed by atoms with van der Waals surface area (Å²) in [6, 6.07) is 0. The van der Waals surface area contributed by atoms with Crippen molar-refractivity contribution in [3.63, 3.8) is 0 Å². The monoisotopic (exact) mass is 745 g/mol. The lowest BCUT2D eigenvalue weighted by Crippen LogP contribution is -2.72.